The third kappa shape index (κ3) is 4.82. The van der Waals surface area contributed by atoms with E-state index in [1.54, 1.807) is 7.11 Å². The molecule has 0 aliphatic heterocycles. The van der Waals surface area contributed by atoms with Crippen molar-refractivity contribution in [3.05, 3.63) is 27.4 Å². The minimum absolute atomic E-state index is 0.126. The highest BCUT2D eigenvalue weighted by Crippen LogP contribution is 2.24. The zero-order valence-corrected chi connectivity index (χ0v) is 10.7. The quantitative estimate of drug-likeness (QED) is 0.422. The topological polar surface area (TPSA) is 89.3 Å². The van der Waals surface area contributed by atoms with Gasteiger partial charge >= 0.3 is 5.69 Å². The summed E-state index contributed by atoms with van der Waals surface area (Å²) >= 11 is 5.66. The molecule has 0 amide bonds. The zero-order chi connectivity index (χ0) is 13.4. The van der Waals surface area contributed by atoms with Crippen molar-refractivity contribution in [2.45, 2.75) is 0 Å². The lowest BCUT2D eigenvalue weighted by molar-refractivity contribution is -0.384. The average molecular weight is 275 g/mol. The number of aromatic nitrogens is 1. The van der Waals surface area contributed by atoms with E-state index in [1.807, 2.05) is 0 Å². The van der Waals surface area contributed by atoms with E-state index in [4.69, 9.17) is 16.3 Å². The number of ether oxygens (including phenoxy) is 1. The molecule has 100 valence electrons. The van der Waals surface area contributed by atoms with E-state index in [1.165, 1.54) is 12.3 Å². The third-order valence-corrected chi connectivity index (χ3v) is 2.31. The number of halogens is 1. The SMILES string of the molecule is COCCNCCNc1ncc(Cl)cc1[N+](=O)[O-]. The van der Waals surface area contributed by atoms with Gasteiger partial charge in [0.05, 0.1) is 16.6 Å². The van der Waals surface area contributed by atoms with Crippen LogP contribution in [0.1, 0.15) is 0 Å². The van der Waals surface area contributed by atoms with Gasteiger partial charge in [-0.1, -0.05) is 11.6 Å². The van der Waals surface area contributed by atoms with Crippen LogP contribution in [0.2, 0.25) is 5.02 Å². The van der Waals surface area contributed by atoms with Crippen molar-refractivity contribution < 1.29 is 9.66 Å². The second-order valence-electron chi connectivity index (χ2n) is 3.45. The maximum absolute atomic E-state index is 10.8. The number of methoxy groups -OCH3 is 1. The van der Waals surface area contributed by atoms with Crippen LogP contribution < -0.4 is 10.6 Å². The number of hydrogen-bond donors (Lipinski definition) is 2. The first-order valence-electron chi connectivity index (χ1n) is 5.38. The van der Waals surface area contributed by atoms with Crippen LogP contribution in [0.15, 0.2) is 12.3 Å². The number of hydrogen-bond acceptors (Lipinski definition) is 6. The number of rotatable bonds is 8. The highest BCUT2D eigenvalue weighted by molar-refractivity contribution is 6.30. The van der Waals surface area contributed by atoms with Crippen molar-refractivity contribution in [3.63, 3.8) is 0 Å². The van der Waals surface area contributed by atoms with E-state index in [9.17, 15) is 10.1 Å². The molecule has 0 saturated heterocycles. The molecular weight excluding hydrogens is 260 g/mol. The number of nitrogens with zero attached hydrogens (tertiary/aromatic N) is 2. The van der Waals surface area contributed by atoms with Gasteiger partial charge in [0, 0.05) is 39.0 Å². The molecule has 0 radical (unpaired) electrons. The molecular formula is C10H15ClN4O3. The molecule has 0 fully saturated rings. The average Bonchev–Trinajstić information content (AvgIpc) is 2.35. The summed E-state index contributed by atoms with van der Waals surface area (Å²) in [5, 5.41) is 17.0. The molecule has 0 saturated carbocycles. The smallest absolute Gasteiger partial charge is 0.312 e. The predicted octanol–water partition coefficient (Wildman–Crippen LogP) is 1.29. The van der Waals surface area contributed by atoms with Gasteiger partial charge < -0.3 is 15.4 Å². The van der Waals surface area contributed by atoms with Crippen LogP contribution in [0.25, 0.3) is 0 Å². The Bertz CT molecular complexity index is 403. The first-order valence-corrected chi connectivity index (χ1v) is 5.76. The van der Waals surface area contributed by atoms with Crippen LogP contribution in [0.5, 0.6) is 0 Å². The lowest BCUT2D eigenvalue weighted by atomic mass is 10.4. The zero-order valence-electron chi connectivity index (χ0n) is 9.98. The maximum atomic E-state index is 10.8. The summed E-state index contributed by atoms with van der Waals surface area (Å²) in [4.78, 5) is 14.2. The monoisotopic (exact) mass is 274 g/mol. The molecule has 0 spiro atoms. The Labute approximate surface area is 110 Å². The molecule has 0 unspecified atom stereocenters. The second-order valence-corrected chi connectivity index (χ2v) is 3.88. The van der Waals surface area contributed by atoms with Gasteiger partial charge in [0.15, 0.2) is 0 Å². The summed E-state index contributed by atoms with van der Waals surface area (Å²) in [5.74, 6) is 0.220. The summed E-state index contributed by atoms with van der Waals surface area (Å²) in [7, 11) is 1.63. The second kappa shape index (κ2) is 7.80. The van der Waals surface area contributed by atoms with Gasteiger partial charge in [0.2, 0.25) is 5.82 Å². The van der Waals surface area contributed by atoms with Crippen LogP contribution in [-0.2, 0) is 4.74 Å². The molecule has 0 atom stereocenters. The Balaban J connectivity index is 2.44. The van der Waals surface area contributed by atoms with Crippen LogP contribution >= 0.6 is 11.6 Å². The Morgan fingerprint density at radius 3 is 2.94 bits per heavy atom. The van der Waals surface area contributed by atoms with Crippen LogP contribution in [-0.4, -0.2) is 43.3 Å². The minimum atomic E-state index is -0.514. The van der Waals surface area contributed by atoms with E-state index < -0.39 is 4.92 Å². The molecule has 0 aromatic carbocycles. The molecule has 1 rings (SSSR count). The van der Waals surface area contributed by atoms with Crippen molar-refractivity contribution >= 4 is 23.1 Å². The summed E-state index contributed by atoms with van der Waals surface area (Å²) in [6, 6.07) is 1.27. The van der Waals surface area contributed by atoms with Crippen LogP contribution in [0, 0.1) is 10.1 Å². The number of nitro groups is 1. The third-order valence-electron chi connectivity index (χ3n) is 2.11. The highest BCUT2D eigenvalue weighted by Gasteiger charge is 2.15. The first-order chi connectivity index (χ1) is 8.65. The lowest BCUT2D eigenvalue weighted by Crippen LogP contribution is -2.25. The maximum Gasteiger partial charge on any atom is 0.312 e. The van der Waals surface area contributed by atoms with Crippen LogP contribution in [0.3, 0.4) is 0 Å². The molecule has 8 heteroatoms. The van der Waals surface area contributed by atoms with Crippen LogP contribution in [0.4, 0.5) is 11.5 Å². The van der Waals surface area contributed by atoms with E-state index in [2.05, 4.69) is 15.6 Å². The number of nitrogens with one attached hydrogen (secondary N) is 2. The molecule has 0 bridgehead atoms. The number of anilines is 1. The van der Waals surface area contributed by atoms with Crippen molar-refractivity contribution in [1.82, 2.24) is 10.3 Å². The fourth-order valence-electron chi connectivity index (χ4n) is 1.27. The lowest BCUT2D eigenvalue weighted by Gasteiger charge is -2.07. The highest BCUT2D eigenvalue weighted by atomic mass is 35.5. The summed E-state index contributed by atoms with van der Waals surface area (Å²) in [6.45, 7) is 2.54. The standard InChI is InChI=1S/C10H15ClN4O3/c1-18-5-4-12-2-3-13-10-9(15(16)17)6-8(11)7-14-10/h6-7,12H,2-5H2,1H3,(H,13,14). The van der Waals surface area contributed by atoms with E-state index in [-0.39, 0.29) is 16.5 Å². The molecule has 1 aromatic rings. The normalized spacial score (nSPS) is 10.3. The van der Waals surface area contributed by atoms with E-state index in [0.717, 1.165) is 6.54 Å². The van der Waals surface area contributed by atoms with Crippen molar-refractivity contribution in [2.75, 3.05) is 38.7 Å². The van der Waals surface area contributed by atoms with Gasteiger partial charge in [-0.05, 0) is 0 Å². The van der Waals surface area contributed by atoms with Gasteiger partial charge in [-0.3, -0.25) is 10.1 Å². The van der Waals surface area contributed by atoms with Gasteiger partial charge in [-0.2, -0.15) is 0 Å². The van der Waals surface area contributed by atoms with E-state index in [0.29, 0.717) is 19.7 Å². The Morgan fingerprint density at radius 1 is 1.50 bits per heavy atom. The Morgan fingerprint density at radius 2 is 2.28 bits per heavy atom. The largest absolute Gasteiger partial charge is 0.383 e. The minimum Gasteiger partial charge on any atom is -0.383 e. The Hall–Kier alpha value is -1.44. The van der Waals surface area contributed by atoms with Crippen molar-refractivity contribution in [1.29, 1.82) is 0 Å². The van der Waals surface area contributed by atoms with Gasteiger partial charge in [0.1, 0.15) is 0 Å². The Kier molecular flexibility index (Phi) is 6.34. The summed E-state index contributed by atoms with van der Waals surface area (Å²) in [6.07, 6.45) is 1.37. The summed E-state index contributed by atoms with van der Waals surface area (Å²) in [5.41, 5.74) is -0.126. The molecule has 1 heterocycles. The van der Waals surface area contributed by atoms with Gasteiger partial charge in [-0.15, -0.1) is 0 Å². The molecule has 2 N–H and O–H groups in total. The first kappa shape index (κ1) is 14.6. The van der Waals surface area contributed by atoms with Gasteiger partial charge in [0.25, 0.3) is 0 Å². The van der Waals surface area contributed by atoms with Gasteiger partial charge in [-0.25, -0.2) is 4.98 Å². The molecule has 0 aliphatic rings. The van der Waals surface area contributed by atoms with Crippen molar-refractivity contribution in [2.24, 2.45) is 0 Å². The molecule has 0 aliphatic carbocycles. The molecule has 18 heavy (non-hydrogen) atoms. The summed E-state index contributed by atoms with van der Waals surface area (Å²) < 4.78 is 4.87. The fraction of sp³-hybridized carbons (Fsp3) is 0.500. The van der Waals surface area contributed by atoms with Crippen molar-refractivity contribution in [3.8, 4) is 0 Å². The fourth-order valence-corrected chi connectivity index (χ4v) is 1.42. The molecule has 1 aromatic heterocycles. The molecule has 7 nitrogen and oxygen atoms in total. The predicted molar refractivity (Wildman–Crippen MR) is 69.1 cm³/mol. The number of pyridine rings is 1. The van der Waals surface area contributed by atoms with E-state index >= 15 is 0 Å².